The molecule has 0 saturated carbocycles. The Balaban J connectivity index is 1.58. The quantitative estimate of drug-likeness (QED) is 0.699. The van der Waals surface area contributed by atoms with Crippen molar-refractivity contribution in [3.8, 4) is 0 Å². The molecule has 1 aromatic heterocycles. The highest BCUT2D eigenvalue weighted by Crippen LogP contribution is 2.20. The molecular weight excluding hydrogens is 362 g/mol. The third-order valence-corrected chi connectivity index (χ3v) is 5.55. The first-order chi connectivity index (χ1) is 13.2. The van der Waals surface area contributed by atoms with Crippen molar-refractivity contribution in [3.63, 3.8) is 0 Å². The first-order valence-corrected chi connectivity index (χ1v) is 10.4. The molecule has 3 rings (SSSR count). The van der Waals surface area contributed by atoms with E-state index in [-0.39, 0.29) is 5.91 Å². The summed E-state index contributed by atoms with van der Waals surface area (Å²) in [6.07, 6.45) is 0.888. The van der Waals surface area contributed by atoms with E-state index in [0.717, 1.165) is 68.0 Å². The minimum absolute atomic E-state index is 0.0266. The highest BCUT2D eigenvalue weighted by Gasteiger charge is 2.17. The monoisotopic (exact) mass is 389 g/mol. The molecule has 7 nitrogen and oxygen atoms in total. The van der Waals surface area contributed by atoms with Gasteiger partial charge in [0.1, 0.15) is 5.82 Å². The zero-order valence-electron chi connectivity index (χ0n) is 16.0. The maximum Gasteiger partial charge on any atom is 0.234 e. The molecule has 0 unspecified atom stereocenters. The van der Waals surface area contributed by atoms with E-state index in [0.29, 0.717) is 5.75 Å². The van der Waals surface area contributed by atoms with Crippen LogP contribution in [0.3, 0.4) is 0 Å². The van der Waals surface area contributed by atoms with Crippen molar-refractivity contribution in [2.45, 2.75) is 38.5 Å². The van der Waals surface area contributed by atoms with E-state index in [1.807, 2.05) is 24.3 Å². The van der Waals surface area contributed by atoms with Gasteiger partial charge in [0, 0.05) is 25.3 Å². The fraction of sp³-hybridized carbons (Fsp3) is 0.526. The molecule has 146 valence electrons. The van der Waals surface area contributed by atoms with Crippen molar-refractivity contribution < 1.29 is 9.53 Å². The largest absolute Gasteiger partial charge is 0.379 e. The number of anilines is 1. The number of ether oxygens (including phenoxy) is 1. The highest BCUT2D eigenvalue weighted by molar-refractivity contribution is 7.99. The molecule has 1 aliphatic heterocycles. The van der Waals surface area contributed by atoms with E-state index < -0.39 is 0 Å². The van der Waals surface area contributed by atoms with Crippen molar-refractivity contribution >= 4 is 23.4 Å². The summed E-state index contributed by atoms with van der Waals surface area (Å²) in [4.78, 5) is 14.7. The van der Waals surface area contributed by atoms with Gasteiger partial charge in [0.25, 0.3) is 0 Å². The topological polar surface area (TPSA) is 72.3 Å². The van der Waals surface area contributed by atoms with Gasteiger partial charge in [-0.2, -0.15) is 0 Å². The van der Waals surface area contributed by atoms with Crippen LogP contribution in [0.2, 0.25) is 0 Å². The summed E-state index contributed by atoms with van der Waals surface area (Å²) in [5.41, 5.74) is 2.02. The second kappa shape index (κ2) is 9.87. The van der Waals surface area contributed by atoms with Gasteiger partial charge in [-0.1, -0.05) is 36.9 Å². The Hall–Kier alpha value is -1.90. The number of carbonyl (C=O) groups is 1. The third-order valence-electron chi connectivity index (χ3n) is 4.58. The van der Waals surface area contributed by atoms with Crippen molar-refractivity contribution in [1.29, 1.82) is 0 Å². The van der Waals surface area contributed by atoms with Crippen LogP contribution in [0.25, 0.3) is 0 Å². The molecule has 1 fully saturated rings. The van der Waals surface area contributed by atoms with Gasteiger partial charge >= 0.3 is 0 Å². The van der Waals surface area contributed by atoms with Crippen molar-refractivity contribution in [1.82, 2.24) is 19.7 Å². The number of aromatic nitrogens is 3. The normalized spacial score (nSPS) is 15.0. The third kappa shape index (κ3) is 5.31. The van der Waals surface area contributed by atoms with E-state index in [1.165, 1.54) is 11.8 Å². The lowest BCUT2D eigenvalue weighted by molar-refractivity contribution is -0.113. The highest BCUT2D eigenvalue weighted by atomic mass is 32.2. The lowest BCUT2D eigenvalue weighted by Gasteiger charge is -2.26. The number of hydrogen-bond donors (Lipinski definition) is 1. The molecule has 0 bridgehead atoms. The van der Waals surface area contributed by atoms with Gasteiger partial charge in [-0.25, -0.2) is 0 Å². The Morgan fingerprint density at radius 1 is 1.22 bits per heavy atom. The summed E-state index contributed by atoms with van der Waals surface area (Å²) in [5, 5.41) is 12.4. The average molecular weight is 390 g/mol. The van der Waals surface area contributed by atoms with E-state index in [4.69, 9.17) is 4.74 Å². The smallest absolute Gasteiger partial charge is 0.234 e. The number of hydrogen-bond acceptors (Lipinski definition) is 6. The Morgan fingerprint density at radius 3 is 2.74 bits per heavy atom. The first kappa shape index (κ1) is 19.9. The molecule has 0 aliphatic carbocycles. The number of benzene rings is 1. The number of rotatable bonds is 8. The molecule has 2 heterocycles. The van der Waals surface area contributed by atoms with Gasteiger partial charge in [0.2, 0.25) is 5.91 Å². The molecule has 0 atom stereocenters. The number of amides is 1. The molecule has 27 heavy (non-hydrogen) atoms. The van der Waals surface area contributed by atoms with E-state index in [9.17, 15) is 4.79 Å². The molecule has 8 heteroatoms. The van der Waals surface area contributed by atoms with Crippen LogP contribution in [0, 0.1) is 0 Å². The number of thioether (sulfide) groups is 1. The summed E-state index contributed by atoms with van der Waals surface area (Å²) < 4.78 is 7.49. The van der Waals surface area contributed by atoms with Crippen LogP contribution in [0.4, 0.5) is 5.69 Å². The molecule has 2 aromatic rings. The second-order valence-corrected chi connectivity index (χ2v) is 7.32. The van der Waals surface area contributed by atoms with Gasteiger partial charge in [-0.3, -0.25) is 9.69 Å². The maximum absolute atomic E-state index is 12.4. The number of nitrogens with one attached hydrogen (secondary N) is 1. The van der Waals surface area contributed by atoms with Gasteiger partial charge in [-0.15, -0.1) is 10.2 Å². The maximum atomic E-state index is 12.4. The Labute approximate surface area is 164 Å². The first-order valence-electron chi connectivity index (χ1n) is 9.44. The van der Waals surface area contributed by atoms with Gasteiger partial charge in [-0.05, 0) is 25.0 Å². The van der Waals surface area contributed by atoms with Gasteiger partial charge in [0.05, 0.1) is 25.5 Å². The zero-order valence-corrected chi connectivity index (χ0v) is 16.8. The molecule has 1 aromatic carbocycles. The standard InChI is InChI=1S/C19H27N5O2S/c1-3-15-7-5-6-8-16(15)20-18(25)14-27-19-22-21-17(24(19)4-2)13-23-9-11-26-12-10-23/h5-8H,3-4,9-14H2,1-2H3,(H,20,25). The van der Waals surface area contributed by atoms with Crippen molar-refractivity contribution in [2.75, 3.05) is 37.4 Å². The van der Waals surface area contributed by atoms with Crippen LogP contribution in [0.15, 0.2) is 29.4 Å². The van der Waals surface area contributed by atoms with Crippen LogP contribution in [0.1, 0.15) is 25.2 Å². The fourth-order valence-electron chi connectivity index (χ4n) is 3.09. The van der Waals surface area contributed by atoms with Crippen LogP contribution in [-0.4, -0.2) is 57.6 Å². The lowest BCUT2D eigenvalue weighted by atomic mass is 10.1. The summed E-state index contributed by atoms with van der Waals surface area (Å²) in [6.45, 7) is 9.07. The predicted octanol–water partition coefficient (Wildman–Crippen LogP) is 2.42. The summed E-state index contributed by atoms with van der Waals surface area (Å²) in [7, 11) is 0. The predicted molar refractivity (Wildman–Crippen MR) is 107 cm³/mol. The lowest BCUT2D eigenvalue weighted by Crippen LogP contribution is -2.36. The summed E-state index contributed by atoms with van der Waals surface area (Å²) in [6, 6.07) is 7.90. The van der Waals surface area contributed by atoms with Crippen LogP contribution in [-0.2, 0) is 29.0 Å². The zero-order chi connectivity index (χ0) is 19.1. The molecule has 0 spiro atoms. The summed E-state index contributed by atoms with van der Waals surface area (Å²) >= 11 is 1.43. The van der Waals surface area contributed by atoms with Crippen LogP contribution in [0.5, 0.6) is 0 Å². The number of carbonyl (C=O) groups excluding carboxylic acids is 1. The molecule has 1 amide bonds. The average Bonchev–Trinajstić information content (AvgIpc) is 3.09. The molecule has 0 radical (unpaired) electrons. The number of nitrogens with zero attached hydrogens (tertiary/aromatic N) is 4. The van der Waals surface area contributed by atoms with Gasteiger partial charge in [0.15, 0.2) is 5.16 Å². The van der Waals surface area contributed by atoms with Crippen LogP contribution < -0.4 is 5.32 Å². The second-order valence-electron chi connectivity index (χ2n) is 6.38. The Kier molecular flexibility index (Phi) is 7.25. The SMILES string of the molecule is CCc1ccccc1NC(=O)CSc1nnc(CN2CCOCC2)n1CC. The Bertz CT molecular complexity index is 758. The number of aryl methyl sites for hydroxylation is 1. The van der Waals surface area contributed by atoms with E-state index >= 15 is 0 Å². The number of para-hydroxylation sites is 1. The minimum atomic E-state index is -0.0266. The molecule has 1 N–H and O–H groups in total. The van der Waals surface area contributed by atoms with Gasteiger partial charge < -0.3 is 14.6 Å². The molecule has 1 aliphatic rings. The summed E-state index contributed by atoms with van der Waals surface area (Å²) in [5.74, 6) is 1.23. The van der Waals surface area contributed by atoms with E-state index in [2.05, 4.69) is 38.8 Å². The fourth-order valence-corrected chi connectivity index (χ4v) is 3.91. The number of morpholine rings is 1. The van der Waals surface area contributed by atoms with Crippen molar-refractivity contribution in [3.05, 3.63) is 35.7 Å². The minimum Gasteiger partial charge on any atom is -0.379 e. The van der Waals surface area contributed by atoms with Crippen molar-refractivity contribution in [2.24, 2.45) is 0 Å². The van der Waals surface area contributed by atoms with E-state index in [1.54, 1.807) is 0 Å². The Morgan fingerprint density at radius 2 is 2.00 bits per heavy atom. The molecule has 1 saturated heterocycles. The molecular formula is C19H27N5O2S. The van der Waals surface area contributed by atoms with Crippen LogP contribution >= 0.6 is 11.8 Å².